The molecule has 0 aromatic carbocycles. The minimum absolute atomic E-state index is 0.00829. The molecule has 0 fully saturated rings. The summed E-state index contributed by atoms with van der Waals surface area (Å²) in [5.41, 5.74) is 1.21. The zero-order valence-corrected chi connectivity index (χ0v) is 11.3. The Balaban J connectivity index is 0.00000106. The summed E-state index contributed by atoms with van der Waals surface area (Å²) in [6.45, 7) is 10.3. The van der Waals surface area contributed by atoms with Crippen LogP contribution < -0.4 is 0 Å². The number of rotatable bonds is 2. The third-order valence-electron chi connectivity index (χ3n) is 1.98. The van der Waals surface area contributed by atoms with Crippen molar-refractivity contribution in [3.63, 3.8) is 0 Å². The van der Waals surface area contributed by atoms with E-state index < -0.39 is 0 Å². The van der Waals surface area contributed by atoms with Crippen LogP contribution in [0.4, 0.5) is 0 Å². The zero-order chi connectivity index (χ0) is 12.6. The van der Waals surface area contributed by atoms with Gasteiger partial charge >= 0.3 is 0 Å². The predicted molar refractivity (Wildman–Crippen MR) is 70.5 cm³/mol. The molecule has 0 bridgehead atoms. The summed E-state index contributed by atoms with van der Waals surface area (Å²) >= 11 is 0. The van der Waals surface area contributed by atoms with Crippen molar-refractivity contribution in [3.05, 3.63) is 36.1 Å². The first-order chi connectivity index (χ1) is 7.57. The highest BCUT2D eigenvalue weighted by atomic mass is 16.6. The average Bonchev–Trinajstić information content (AvgIpc) is 2.40. The molecule has 1 aliphatic heterocycles. The van der Waals surface area contributed by atoms with Gasteiger partial charge in [0.25, 0.3) is 0 Å². The van der Waals surface area contributed by atoms with Crippen molar-refractivity contribution in [1.29, 1.82) is 0 Å². The second-order valence-corrected chi connectivity index (χ2v) is 3.95. The van der Waals surface area contributed by atoms with E-state index >= 15 is 0 Å². The lowest BCUT2D eigenvalue weighted by molar-refractivity contribution is -0.730. The van der Waals surface area contributed by atoms with E-state index in [0.717, 1.165) is 0 Å². The van der Waals surface area contributed by atoms with Gasteiger partial charge in [-0.3, -0.25) is 4.84 Å². The van der Waals surface area contributed by atoms with Gasteiger partial charge in [0.1, 0.15) is 7.11 Å². The Labute approximate surface area is 99.6 Å². The van der Waals surface area contributed by atoms with Crippen molar-refractivity contribution in [2.24, 2.45) is 5.41 Å². The van der Waals surface area contributed by atoms with E-state index in [0.29, 0.717) is 0 Å². The molecular formula is C14H24NO+. The molecule has 0 aromatic heterocycles. The Morgan fingerprint density at radius 2 is 1.94 bits per heavy atom. The van der Waals surface area contributed by atoms with E-state index in [1.807, 2.05) is 45.3 Å². The number of allylic oxidation sites excluding steroid dienone is 5. The molecule has 1 rings (SSSR count). The molecule has 0 spiro atoms. The molecule has 90 valence electrons. The maximum absolute atomic E-state index is 5.17. The summed E-state index contributed by atoms with van der Waals surface area (Å²) in [4.78, 5) is 5.17. The largest absolute Gasteiger partial charge is 0.275 e. The quantitative estimate of drug-likeness (QED) is 0.649. The summed E-state index contributed by atoms with van der Waals surface area (Å²) in [6, 6.07) is 0. The van der Waals surface area contributed by atoms with Gasteiger partial charge in [0.15, 0.2) is 0 Å². The standard InChI is InChI=1S/C12H18NO.C2H6/c1-5-6-11-7-8-13(14-4)10-12(2,3)9-11;1-2/h5-10H,1-4H3;1-2H3/q+1;/b6-5+;. The van der Waals surface area contributed by atoms with Gasteiger partial charge in [-0.15, -0.1) is 0 Å². The van der Waals surface area contributed by atoms with E-state index in [1.165, 1.54) is 5.57 Å². The Bertz CT molecular complexity index is 320. The fourth-order valence-corrected chi connectivity index (χ4v) is 1.46. The van der Waals surface area contributed by atoms with Crippen LogP contribution >= 0.6 is 0 Å². The lowest BCUT2D eigenvalue weighted by Crippen LogP contribution is -2.16. The Kier molecular flexibility index (Phi) is 6.47. The topological polar surface area (TPSA) is 12.2 Å². The monoisotopic (exact) mass is 222 g/mol. The van der Waals surface area contributed by atoms with Gasteiger partial charge in [-0.25, -0.2) is 0 Å². The Hall–Kier alpha value is -1.31. The molecule has 16 heavy (non-hydrogen) atoms. The van der Waals surface area contributed by atoms with Crippen molar-refractivity contribution >= 4 is 6.21 Å². The SMILES string of the molecule is C/C=C/C1=CC(C)(C)C=[N+](OC)C=C1.CC. The van der Waals surface area contributed by atoms with Crippen molar-refractivity contribution in [1.82, 2.24) is 0 Å². The summed E-state index contributed by atoms with van der Waals surface area (Å²) in [6.07, 6.45) is 12.3. The molecule has 0 saturated carbocycles. The fraction of sp³-hybridized carbons (Fsp3) is 0.500. The molecule has 0 aromatic rings. The molecule has 2 nitrogen and oxygen atoms in total. The average molecular weight is 222 g/mol. The summed E-state index contributed by atoms with van der Waals surface area (Å²) in [5, 5.41) is 0. The molecule has 2 heteroatoms. The van der Waals surface area contributed by atoms with Gasteiger partial charge < -0.3 is 0 Å². The van der Waals surface area contributed by atoms with Gasteiger partial charge in [0.2, 0.25) is 12.4 Å². The summed E-state index contributed by atoms with van der Waals surface area (Å²) in [7, 11) is 1.66. The summed E-state index contributed by atoms with van der Waals surface area (Å²) in [5.74, 6) is 0. The van der Waals surface area contributed by atoms with Crippen LogP contribution in [-0.2, 0) is 4.84 Å². The van der Waals surface area contributed by atoms with E-state index in [1.54, 1.807) is 11.8 Å². The predicted octanol–water partition coefficient (Wildman–Crippen LogP) is 3.71. The molecule has 0 unspecified atom stereocenters. The van der Waals surface area contributed by atoms with Crippen LogP contribution in [0.15, 0.2) is 36.1 Å². The minimum atomic E-state index is 0.00829. The summed E-state index contributed by atoms with van der Waals surface area (Å²) < 4.78 is 1.73. The first-order valence-corrected chi connectivity index (χ1v) is 5.79. The highest BCUT2D eigenvalue weighted by Crippen LogP contribution is 2.20. The van der Waals surface area contributed by atoms with E-state index in [4.69, 9.17) is 4.84 Å². The van der Waals surface area contributed by atoms with Crippen molar-refractivity contribution < 1.29 is 9.58 Å². The van der Waals surface area contributed by atoms with Crippen LogP contribution in [0, 0.1) is 5.41 Å². The lowest BCUT2D eigenvalue weighted by Gasteiger charge is -2.09. The van der Waals surface area contributed by atoms with Crippen LogP contribution in [0.5, 0.6) is 0 Å². The maximum Gasteiger partial charge on any atom is 0.222 e. The molecule has 1 aliphatic rings. The van der Waals surface area contributed by atoms with Crippen LogP contribution in [0.1, 0.15) is 34.6 Å². The first-order valence-electron chi connectivity index (χ1n) is 5.79. The smallest absolute Gasteiger partial charge is 0.222 e. The second kappa shape index (κ2) is 7.04. The van der Waals surface area contributed by atoms with Gasteiger partial charge in [0, 0.05) is 10.8 Å². The molecule has 0 saturated heterocycles. The number of nitrogens with zero attached hydrogens (tertiary/aromatic N) is 1. The molecule has 0 N–H and O–H groups in total. The number of hydrogen-bond donors (Lipinski definition) is 0. The molecule has 0 aliphatic carbocycles. The molecule has 0 atom stereocenters. The molecule has 0 radical (unpaired) electrons. The van der Waals surface area contributed by atoms with Gasteiger partial charge in [-0.2, -0.15) is 0 Å². The van der Waals surface area contributed by atoms with Crippen LogP contribution in [0.3, 0.4) is 0 Å². The first kappa shape index (κ1) is 14.7. The highest BCUT2D eigenvalue weighted by Gasteiger charge is 2.21. The van der Waals surface area contributed by atoms with E-state index in [-0.39, 0.29) is 5.41 Å². The number of hydroxylamine groups is 1. The third kappa shape index (κ3) is 4.96. The molecule has 1 heterocycles. The van der Waals surface area contributed by atoms with E-state index in [9.17, 15) is 0 Å². The molecular weight excluding hydrogens is 198 g/mol. The van der Waals surface area contributed by atoms with Gasteiger partial charge in [-0.1, -0.05) is 32.1 Å². The Morgan fingerprint density at radius 3 is 2.44 bits per heavy atom. The third-order valence-corrected chi connectivity index (χ3v) is 1.98. The van der Waals surface area contributed by atoms with Crippen molar-refractivity contribution in [3.8, 4) is 0 Å². The minimum Gasteiger partial charge on any atom is -0.275 e. The van der Waals surface area contributed by atoms with Crippen molar-refractivity contribution in [2.75, 3.05) is 7.11 Å². The lowest BCUT2D eigenvalue weighted by atomic mass is 9.92. The number of hydrogen-bond acceptors (Lipinski definition) is 1. The Morgan fingerprint density at radius 1 is 1.31 bits per heavy atom. The maximum atomic E-state index is 5.17. The fourth-order valence-electron chi connectivity index (χ4n) is 1.46. The van der Waals surface area contributed by atoms with Crippen molar-refractivity contribution in [2.45, 2.75) is 34.6 Å². The van der Waals surface area contributed by atoms with Crippen LogP contribution in [0.25, 0.3) is 0 Å². The normalized spacial score (nSPS) is 18.1. The molecule has 0 amide bonds. The van der Waals surface area contributed by atoms with Crippen LogP contribution in [0.2, 0.25) is 0 Å². The van der Waals surface area contributed by atoms with Gasteiger partial charge in [-0.05, 0) is 26.3 Å². The van der Waals surface area contributed by atoms with Gasteiger partial charge in [0.05, 0.1) is 5.41 Å². The zero-order valence-electron chi connectivity index (χ0n) is 11.3. The second-order valence-electron chi connectivity index (χ2n) is 3.95. The highest BCUT2D eigenvalue weighted by molar-refractivity contribution is 5.64. The van der Waals surface area contributed by atoms with Crippen LogP contribution in [-0.4, -0.2) is 18.1 Å². The van der Waals surface area contributed by atoms with E-state index in [2.05, 4.69) is 26.0 Å².